The minimum absolute atomic E-state index is 0.0324. The molecule has 0 aliphatic carbocycles. The van der Waals surface area contributed by atoms with Crippen molar-refractivity contribution in [2.45, 2.75) is 46.1 Å². The maximum Gasteiger partial charge on any atom is 0.323 e. The summed E-state index contributed by atoms with van der Waals surface area (Å²) in [6.07, 6.45) is 6.74. The van der Waals surface area contributed by atoms with E-state index in [9.17, 15) is 4.79 Å². The summed E-state index contributed by atoms with van der Waals surface area (Å²) in [6, 6.07) is 0.0799. The summed E-state index contributed by atoms with van der Waals surface area (Å²) in [5, 5.41) is 9.22. The van der Waals surface area contributed by atoms with E-state index in [0.717, 1.165) is 47.1 Å². The van der Waals surface area contributed by atoms with Gasteiger partial charge in [-0.15, -0.1) is 11.3 Å². The number of aromatic nitrogens is 3. The Labute approximate surface area is 146 Å². The number of rotatable bonds is 4. The number of carbonyl (C=O) groups excluding carboxylic acids is 1. The molecule has 7 heteroatoms. The van der Waals surface area contributed by atoms with Crippen molar-refractivity contribution >= 4 is 22.4 Å². The minimum atomic E-state index is -0.0324. The number of hydrogen-bond acceptors (Lipinski definition) is 4. The van der Waals surface area contributed by atoms with E-state index in [-0.39, 0.29) is 12.1 Å². The van der Waals surface area contributed by atoms with Crippen LogP contribution < -0.4 is 5.32 Å². The zero-order valence-corrected chi connectivity index (χ0v) is 15.6. The van der Waals surface area contributed by atoms with Gasteiger partial charge in [0.1, 0.15) is 5.00 Å². The first-order valence-corrected chi connectivity index (χ1v) is 9.28. The molecule has 1 aliphatic rings. The number of likely N-dealkylation sites (tertiary alicyclic amines) is 1. The first kappa shape index (κ1) is 17.0. The molecule has 3 heterocycles. The lowest BCUT2D eigenvalue weighted by Crippen LogP contribution is -2.34. The molecule has 1 atom stereocenters. The van der Waals surface area contributed by atoms with E-state index >= 15 is 0 Å². The van der Waals surface area contributed by atoms with Gasteiger partial charge in [0.05, 0.1) is 22.9 Å². The summed E-state index contributed by atoms with van der Waals surface area (Å²) in [6.45, 7) is 7.10. The van der Waals surface area contributed by atoms with Crippen molar-refractivity contribution in [1.29, 1.82) is 0 Å². The fraction of sp³-hybridized carbons (Fsp3) is 0.588. The molecule has 3 rings (SSSR count). The molecule has 24 heavy (non-hydrogen) atoms. The van der Waals surface area contributed by atoms with Crippen LogP contribution in [0.5, 0.6) is 0 Å². The van der Waals surface area contributed by atoms with Gasteiger partial charge in [-0.25, -0.2) is 9.78 Å². The molecule has 1 aliphatic heterocycles. The van der Waals surface area contributed by atoms with Crippen LogP contribution in [0.3, 0.4) is 0 Å². The molecule has 2 aromatic heterocycles. The number of thiazole rings is 1. The summed E-state index contributed by atoms with van der Waals surface area (Å²) in [5.41, 5.74) is 2.10. The molecular formula is C17H25N5OS. The Morgan fingerprint density at radius 1 is 1.50 bits per heavy atom. The van der Waals surface area contributed by atoms with Crippen molar-refractivity contribution in [2.24, 2.45) is 13.0 Å². The van der Waals surface area contributed by atoms with Crippen LogP contribution in [0.15, 0.2) is 12.4 Å². The van der Waals surface area contributed by atoms with E-state index in [0.29, 0.717) is 5.92 Å². The van der Waals surface area contributed by atoms with Crippen LogP contribution in [0.1, 0.15) is 49.0 Å². The van der Waals surface area contributed by atoms with Gasteiger partial charge in [0.15, 0.2) is 0 Å². The molecular weight excluding hydrogens is 322 g/mol. The number of nitrogens with one attached hydrogen (secondary N) is 1. The Morgan fingerprint density at radius 2 is 2.29 bits per heavy atom. The Morgan fingerprint density at radius 3 is 2.96 bits per heavy atom. The lowest BCUT2D eigenvalue weighted by Gasteiger charge is -2.24. The fourth-order valence-corrected chi connectivity index (χ4v) is 4.07. The zero-order chi connectivity index (χ0) is 17.3. The first-order valence-electron chi connectivity index (χ1n) is 8.46. The number of hydrogen-bond donors (Lipinski definition) is 1. The maximum absolute atomic E-state index is 12.8. The SMILES string of the molecule is Cc1nc(CC(C)C)c(NC(=O)N2CCC[C@H]2c2cnn(C)c2)s1. The molecule has 0 aromatic carbocycles. The lowest BCUT2D eigenvalue weighted by atomic mass is 10.1. The summed E-state index contributed by atoms with van der Waals surface area (Å²) >= 11 is 1.56. The maximum atomic E-state index is 12.8. The lowest BCUT2D eigenvalue weighted by molar-refractivity contribution is 0.207. The molecule has 0 unspecified atom stereocenters. The normalized spacial score (nSPS) is 17.7. The standard InChI is InChI=1S/C17H25N5OS/c1-11(2)8-14-16(24-12(3)19-14)20-17(23)22-7-5-6-15(22)13-9-18-21(4)10-13/h9-11,15H,5-8H2,1-4H3,(H,20,23)/t15-/m0/s1. The van der Waals surface area contributed by atoms with Crippen LogP contribution in [0.25, 0.3) is 0 Å². The smallest absolute Gasteiger partial charge is 0.317 e. The molecule has 0 bridgehead atoms. The van der Waals surface area contributed by atoms with Gasteiger partial charge in [-0.1, -0.05) is 13.8 Å². The number of amides is 2. The van der Waals surface area contributed by atoms with E-state index in [4.69, 9.17) is 0 Å². The highest BCUT2D eigenvalue weighted by atomic mass is 32.1. The average molecular weight is 347 g/mol. The van der Waals surface area contributed by atoms with Gasteiger partial charge in [0.25, 0.3) is 0 Å². The number of carbonyl (C=O) groups is 1. The second-order valence-corrected chi connectivity index (χ2v) is 8.04. The van der Waals surface area contributed by atoms with Crippen LogP contribution in [-0.2, 0) is 13.5 Å². The number of nitrogens with zero attached hydrogens (tertiary/aromatic N) is 4. The monoisotopic (exact) mass is 347 g/mol. The predicted molar refractivity (Wildman–Crippen MR) is 96.3 cm³/mol. The van der Waals surface area contributed by atoms with Gasteiger partial charge in [0, 0.05) is 25.4 Å². The Hall–Kier alpha value is -1.89. The van der Waals surface area contributed by atoms with Crippen LogP contribution in [0.4, 0.5) is 9.80 Å². The van der Waals surface area contributed by atoms with Crippen molar-refractivity contribution in [3.05, 3.63) is 28.7 Å². The summed E-state index contributed by atoms with van der Waals surface area (Å²) in [7, 11) is 1.90. The topological polar surface area (TPSA) is 63.1 Å². The second-order valence-electron chi connectivity index (χ2n) is 6.84. The third-order valence-corrected chi connectivity index (χ3v) is 5.18. The van der Waals surface area contributed by atoms with E-state index < -0.39 is 0 Å². The van der Waals surface area contributed by atoms with Crippen molar-refractivity contribution in [2.75, 3.05) is 11.9 Å². The largest absolute Gasteiger partial charge is 0.323 e. The summed E-state index contributed by atoms with van der Waals surface area (Å²) in [4.78, 5) is 19.3. The van der Waals surface area contributed by atoms with Crippen LogP contribution >= 0.6 is 11.3 Å². The number of urea groups is 1. The van der Waals surface area contributed by atoms with Crippen molar-refractivity contribution in [1.82, 2.24) is 19.7 Å². The third kappa shape index (κ3) is 3.61. The van der Waals surface area contributed by atoms with Crippen molar-refractivity contribution in [3.8, 4) is 0 Å². The molecule has 0 saturated carbocycles. The molecule has 6 nitrogen and oxygen atoms in total. The highest BCUT2D eigenvalue weighted by Gasteiger charge is 2.31. The molecule has 1 fully saturated rings. The molecule has 1 saturated heterocycles. The van der Waals surface area contributed by atoms with Gasteiger partial charge in [-0.3, -0.25) is 10.00 Å². The highest BCUT2D eigenvalue weighted by Crippen LogP contribution is 2.33. The average Bonchev–Trinajstić information content (AvgIpc) is 3.19. The molecule has 2 aromatic rings. The summed E-state index contributed by atoms with van der Waals surface area (Å²) < 4.78 is 1.79. The third-order valence-electron chi connectivity index (χ3n) is 4.25. The Balaban J connectivity index is 1.75. The van der Waals surface area contributed by atoms with Crippen LogP contribution in [0, 0.1) is 12.8 Å². The first-order chi connectivity index (χ1) is 11.4. The molecule has 0 spiro atoms. The van der Waals surface area contributed by atoms with E-state index in [2.05, 4.69) is 29.2 Å². The van der Waals surface area contributed by atoms with Gasteiger partial charge in [0.2, 0.25) is 0 Å². The van der Waals surface area contributed by atoms with Gasteiger partial charge in [-0.2, -0.15) is 5.10 Å². The van der Waals surface area contributed by atoms with Crippen LogP contribution in [0.2, 0.25) is 0 Å². The van der Waals surface area contributed by atoms with Gasteiger partial charge >= 0.3 is 6.03 Å². The van der Waals surface area contributed by atoms with Crippen molar-refractivity contribution in [3.63, 3.8) is 0 Å². The zero-order valence-electron chi connectivity index (χ0n) is 14.7. The minimum Gasteiger partial charge on any atom is -0.317 e. The number of aryl methyl sites for hydroxylation is 2. The quantitative estimate of drug-likeness (QED) is 0.916. The summed E-state index contributed by atoms with van der Waals surface area (Å²) in [5.74, 6) is 0.511. The van der Waals surface area contributed by atoms with Gasteiger partial charge < -0.3 is 4.90 Å². The fourth-order valence-electron chi connectivity index (χ4n) is 3.23. The Kier molecular flexibility index (Phi) is 4.89. The molecule has 2 amide bonds. The highest BCUT2D eigenvalue weighted by molar-refractivity contribution is 7.16. The predicted octanol–water partition coefficient (Wildman–Crippen LogP) is 3.75. The van der Waals surface area contributed by atoms with E-state index in [1.54, 1.807) is 16.0 Å². The van der Waals surface area contributed by atoms with Crippen LogP contribution in [-0.4, -0.2) is 32.2 Å². The van der Waals surface area contributed by atoms with Gasteiger partial charge in [-0.05, 0) is 32.1 Å². The molecule has 0 radical (unpaired) electrons. The second kappa shape index (κ2) is 6.93. The van der Waals surface area contributed by atoms with E-state index in [1.807, 2.05) is 31.3 Å². The molecule has 1 N–H and O–H groups in total. The number of anilines is 1. The van der Waals surface area contributed by atoms with Crippen molar-refractivity contribution < 1.29 is 4.79 Å². The molecule has 130 valence electrons. The Bertz CT molecular complexity index is 720. The van der Waals surface area contributed by atoms with E-state index in [1.165, 1.54) is 0 Å².